The van der Waals surface area contributed by atoms with Crippen LogP contribution in [0.4, 0.5) is 4.79 Å². The lowest BCUT2D eigenvalue weighted by Crippen LogP contribution is -2.46. The van der Waals surface area contributed by atoms with Gasteiger partial charge < -0.3 is 15.5 Å². The third-order valence-electron chi connectivity index (χ3n) is 3.45. The number of benzene rings is 1. The zero-order chi connectivity index (χ0) is 15.2. The fraction of sp³-hybridized carbons (Fsp3) is 0.500. The van der Waals surface area contributed by atoms with Gasteiger partial charge in [0.1, 0.15) is 0 Å². The van der Waals surface area contributed by atoms with E-state index >= 15 is 0 Å². The van der Waals surface area contributed by atoms with Crippen LogP contribution in [0.2, 0.25) is 0 Å². The lowest BCUT2D eigenvalue weighted by molar-refractivity contribution is -0.132. The number of amides is 3. The second kappa shape index (κ2) is 7.11. The molecule has 1 aromatic rings. The van der Waals surface area contributed by atoms with Crippen molar-refractivity contribution in [3.63, 3.8) is 0 Å². The van der Waals surface area contributed by atoms with Gasteiger partial charge in [-0.1, -0.05) is 30.3 Å². The fourth-order valence-corrected chi connectivity index (χ4v) is 2.06. The highest BCUT2D eigenvalue weighted by Gasteiger charge is 2.24. The summed E-state index contributed by atoms with van der Waals surface area (Å²) in [5.41, 5.74) is 1.09. The average molecular weight is 289 g/mol. The molecule has 1 aliphatic carbocycles. The standard InChI is InChI=1S/C16H23N3O2/c1-12(2)19(11-13-6-4-3-5-7-13)15(20)10-17-16(21)18-14-8-9-14/h3-7,12,14H,8-11H2,1-2H3,(H2,17,18,21). The summed E-state index contributed by atoms with van der Waals surface area (Å²) in [6.45, 7) is 4.54. The molecule has 114 valence electrons. The third kappa shape index (κ3) is 5.10. The molecule has 0 aromatic heterocycles. The van der Waals surface area contributed by atoms with Gasteiger partial charge >= 0.3 is 6.03 Å². The van der Waals surface area contributed by atoms with E-state index in [1.54, 1.807) is 4.90 Å². The molecule has 0 heterocycles. The molecule has 0 spiro atoms. The second-order valence-electron chi connectivity index (χ2n) is 5.70. The van der Waals surface area contributed by atoms with E-state index in [9.17, 15) is 9.59 Å². The van der Waals surface area contributed by atoms with Crippen LogP contribution in [0.25, 0.3) is 0 Å². The van der Waals surface area contributed by atoms with Crippen molar-refractivity contribution in [3.05, 3.63) is 35.9 Å². The lowest BCUT2D eigenvalue weighted by atomic mass is 10.2. The summed E-state index contributed by atoms with van der Waals surface area (Å²) in [6, 6.07) is 9.99. The van der Waals surface area contributed by atoms with Crippen LogP contribution in [-0.4, -0.2) is 35.5 Å². The van der Waals surface area contributed by atoms with Crippen LogP contribution in [0.3, 0.4) is 0 Å². The maximum Gasteiger partial charge on any atom is 0.315 e. The summed E-state index contributed by atoms with van der Waals surface area (Å²) in [7, 11) is 0. The predicted molar refractivity (Wildman–Crippen MR) is 81.7 cm³/mol. The first-order chi connectivity index (χ1) is 10.1. The van der Waals surface area contributed by atoms with Gasteiger partial charge in [0.25, 0.3) is 0 Å². The smallest absolute Gasteiger partial charge is 0.315 e. The first-order valence-corrected chi connectivity index (χ1v) is 7.44. The summed E-state index contributed by atoms with van der Waals surface area (Å²) in [5.74, 6) is -0.0696. The van der Waals surface area contributed by atoms with Crippen molar-refractivity contribution < 1.29 is 9.59 Å². The molecule has 0 saturated heterocycles. The monoisotopic (exact) mass is 289 g/mol. The first-order valence-electron chi connectivity index (χ1n) is 7.44. The van der Waals surface area contributed by atoms with Gasteiger partial charge in [0.2, 0.25) is 5.91 Å². The molecule has 0 aliphatic heterocycles. The van der Waals surface area contributed by atoms with Gasteiger partial charge in [-0.25, -0.2) is 4.79 Å². The molecule has 0 atom stereocenters. The largest absolute Gasteiger partial charge is 0.335 e. The molecule has 5 nitrogen and oxygen atoms in total. The molecule has 1 aliphatic rings. The minimum absolute atomic E-state index is 0.0313. The van der Waals surface area contributed by atoms with E-state index in [1.807, 2.05) is 44.2 Å². The highest BCUT2D eigenvalue weighted by molar-refractivity contribution is 5.84. The molecule has 0 bridgehead atoms. The van der Waals surface area contributed by atoms with Crippen molar-refractivity contribution in [2.45, 2.75) is 45.3 Å². The van der Waals surface area contributed by atoms with Crippen LogP contribution >= 0.6 is 0 Å². The summed E-state index contributed by atoms with van der Waals surface area (Å²) >= 11 is 0. The number of carbonyl (C=O) groups excluding carboxylic acids is 2. The maximum atomic E-state index is 12.3. The zero-order valence-corrected chi connectivity index (χ0v) is 12.6. The minimum Gasteiger partial charge on any atom is -0.335 e. The normalized spacial score (nSPS) is 13.9. The van der Waals surface area contributed by atoms with E-state index in [2.05, 4.69) is 10.6 Å². The van der Waals surface area contributed by atoms with Crippen molar-refractivity contribution >= 4 is 11.9 Å². The van der Waals surface area contributed by atoms with Gasteiger partial charge in [0.15, 0.2) is 0 Å². The third-order valence-corrected chi connectivity index (χ3v) is 3.45. The molecule has 0 radical (unpaired) electrons. The van der Waals surface area contributed by atoms with E-state index < -0.39 is 0 Å². The Balaban J connectivity index is 1.84. The Labute approximate surface area is 125 Å². The van der Waals surface area contributed by atoms with Crippen molar-refractivity contribution in [1.29, 1.82) is 0 Å². The molecule has 0 unspecified atom stereocenters. The molecular formula is C16H23N3O2. The predicted octanol–water partition coefficient (Wildman–Crippen LogP) is 1.89. The Morgan fingerprint density at radius 3 is 2.48 bits per heavy atom. The first kappa shape index (κ1) is 15.4. The Morgan fingerprint density at radius 1 is 1.24 bits per heavy atom. The van der Waals surface area contributed by atoms with E-state index in [0.29, 0.717) is 12.6 Å². The molecule has 21 heavy (non-hydrogen) atoms. The number of nitrogens with one attached hydrogen (secondary N) is 2. The summed E-state index contributed by atoms with van der Waals surface area (Å²) in [6.07, 6.45) is 2.07. The van der Waals surface area contributed by atoms with Gasteiger partial charge in [-0.2, -0.15) is 0 Å². The Morgan fingerprint density at radius 2 is 1.90 bits per heavy atom. The number of urea groups is 1. The van der Waals surface area contributed by atoms with Crippen molar-refractivity contribution in [2.24, 2.45) is 0 Å². The van der Waals surface area contributed by atoms with E-state index in [4.69, 9.17) is 0 Å². The molecule has 5 heteroatoms. The van der Waals surface area contributed by atoms with E-state index in [-0.39, 0.29) is 24.5 Å². The average Bonchev–Trinajstić information content (AvgIpc) is 3.27. The van der Waals surface area contributed by atoms with Gasteiger partial charge in [-0.05, 0) is 32.3 Å². The number of nitrogens with zero attached hydrogens (tertiary/aromatic N) is 1. The molecule has 2 rings (SSSR count). The minimum atomic E-state index is -0.255. The van der Waals surface area contributed by atoms with Crippen LogP contribution in [0.15, 0.2) is 30.3 Å². The van der Waals surface area contributed by atoms with Crippen LogP contribution in [0.5, 0.6) is 0 Å². The van der Waals surface area contributed by atoms with Crippen molar-refractivity contribution in [1.82, 2.24) is 15.5 Å². The molecule has 1 aromatic carbocycles. The molecule has 3 amide bonds. The Bertz CT molecular complexity index is 484. The molecular weight excluding hydrogens is 266 g/mol. The number of hydrogen-bond acceptors (Lipinski definition) is 2. The molecule has 1 saturated carbocycles. The SMILES string of the molecule is CC(C)N(Cc1ccccc1)C(=O)CNC(=O)NC1CC1. The van der Waals surface area contributed by atoms with Crippen molar-refractivity contribution in [2.75, 3.05) is 6.54 Å². The Hall–Kier alpha value is -2.04. The topological polar surface area (TPSA) is 61.4 Å². The maximum absolute atomic E-state index is 12.3. The van der Waals surface area contributed by atoms with Gasteiger partial charge in [0, 0.05) is 18.6 Å². The Kier molecular flexibility index (Phi) is 5.20. The van der Waals surface area contributed by atoms with Crippen LogP contribution in [0.1, 0.15) is 32.3 Å². The van der Waals surface area contributed by atoms with Gasteiger partial charge in [0.05, 0.1) is 6.54 Å². The van der Waals surface area contributed by atoms with E-state index in [0.717, 1.165) is 18.4 Å². The number of carbonyl (C=O) groups is 2. The van der Waals surface area contributed by atoms with Crippen LogP contribution in [-0.2, 0) is 11.3 Å². The number of rotatable bonds is 6. The quantitative estimate of drug-likeness (QED) is 0.840. The fourth-order valence-electron chi connectivity index (χ4n) is 2.06. The summed E-state index contributed by atoms with van der Waals surface area (Å²) in [5, 5.41) is 5.44. The summed E-state index contributed by atoms with van der Waals surface area (Å²) in [4.78, 5) is 25.6. The van der Waals surface area contributed by atoms with Crippen molar-refractivity contribution in [3.8, 4) is 0 Å². The van der Waals surface area contributed by atoms with E-state index in [1.165, 1.54) is 0 Å². The highest BCUT2D eigenvalue weighted by atomic mass is 16.2. The van der Waals surface area contributed by atoms with Crippen LogP contribution < -0.4 is 10.6 Å². The van der Waals surface area contributed by atoms with Gasteiger partial charge in [-0.3, -0.25) is 4.79 Å². The van der Waals surface area contributed by atoms with Crippen LogP contribution in [0, 0.1) is 0 Å². The highest BCUT2D eigenvalue weighted by Crippen LogP contribution is 2.18. The zero-order valence-electron chi connectivity index (χ0n) is 12.6. The lowest BCUT2D eigenvalue weighted by Gasteiger charge is -2.27. The molecule has 2 N–H and O–H groups in total. The second-order valence-corrected chi connectivity index (χ2v) is 5.70. The number of hydrogen-bond donors (Lipinski definition) is 2. The molecule has 1 fully saturated rings. The van der Waals surface area contributed by atoms with Gasteiger partial charge in [-0.15, -0.1) is 0 Å². The summed E-state index contributed by atoms with van der Waals surface area (Å²) < 4.78 is 0.